The minimum Gasteiger partial charge on any atom is -0.450 e. The fourth-order valence-corrected chi connectivity index (χ4v) is 3.54. The summed E-state index contributed by atoms with van der Waals surface area (Å²) in [5, 5.41) is 12.5. The lowest BCUT2D eigenvalue weighted by Gasteiger charge is -2.18. The Morgan fingerprint density at radius 1 is 1.21 bits per heavy atom. The fraction of sp³-hybridized carbons (Fsp3) is 0.474. The highest BCUT2D eigenvalue weighted by atomic mass is 16.6. The van der Waals surface area contributed by atoms with Crippen molar-refractivity contribution in [1.82, 2.24) is 29.9 Å². The van der Waals surface area contributed by atoms with Crippen molar-refractivity contribution in [2.45, 2.75) is 39.5 Å². The van der Waals surface area contributed by atoms with E-state index in [9.17, 15) is 4.79 Å². The summed E-state index contributed by atoms with van der Waals surface area (Å²) in [6, 6.07) is 8.02. The predicted octanol–water partition coefficient (Wildman–Crippen LogP) is 2.41. The first-order chi connectivity index (χ1) is 13.6. The Kier molecular flexibility index (Phi) is 5.25. The number of carbonyl (C=O) groups is 1. The van der Waals surface area contributed by atoms with Crippen LogP contribution in [0.15, 0.2) is 28.9 Å². The lowest BCUT2D eigenvalue weighted by atomic mass is 10.2. The number of fused-ring (bicyclic) bond motifs is 2. The largest absolute Gasteiger partial charge is 0.450 e. The van der Waals surface area contributed by atoms with Crippen LogP contribution in [0.25, 0.3) is 11.0 Å². The van der Waals surface area contributed by atoms with Gasteiger partial charge in [-0.1, -0.05) is 6.07 Å². The Bertz CT molecular complexity index is 966. The van der Waals surface area contributed by atoms with Crippen LogP contribution < -0.4 is 0 Å². The molecule has 0 saturated heterocycles. The number of amides is 1. The van der Waals surface area contributed by atoms with Gasteiger partial charge in [0.05, 0.1) is 24.5 Å². The van der Waals surface area contributed by atoms with Gasteiger partial charge in [0.25, 0.3) is 0 Å². The molecule has 28 heavy (non-hydrogen) atoms. The molecule has 0 spiro atoms. The first-order valence-electron chi connectivity index (χ1n) is 9.49. The zero-order valence-electron chi connectivity index (χ0n) is 16.2. The van der Waals surface area contributed by atoms with Gasteiger partial charge >= 0.3 is 6.09 Å². The molecule has 9 heteroatoms. The van der Waals surface area contributed by atoms with Crippen molar-refractivity contribution < 1.29 is 14.2 Å². The maximum Gasteiger partial charge on any atom is 0.410 e. The van der Waals surface area contributed by atoms with Crippen LogP contribution in [0.5, 0.6) is 0 Å². The van der Waals surface area contributed by atoms with Gasteiger partial charge in [-0.25, -0.2) is 9.42 Å². The van der Waals surface area contributed by atoms with Gasteiger partial charge in [-0.3, -0.25) is 9.58 Å². The van der Waals surface area contributed by atoms with Crippen LogP contribution in [-0.4, -0.2) is 56.2 Å². The van der Waals surface area contributed by atoms with E-state index in [1.807, 2.05) is 29.8 Å². The molecule has 148 valence electrons. The number of hydrogen-bond acceptors (Lipinski definition) is 7. The molecule has 1 aliphatic heterocycles. The quantitative estimate of drug-likeness (QED) is 0.667. The van der Waals surface area contributed by atoms with Crippen molar-refractivity contribution in [1.29, 1.82) is 0 Å². The molecule has 3 aromatic rings. The van der Waals surface area contributed by atoms with Crippen molar-refractivity contribution >= 4 is 17.1 Å². The number of carbonyl (C=O) groups excluding carboxylic acids is 1. The molecule has 2 aromatic heterocycles. The topological polar surface area (TPSA) is 89.5 Å². The van der Waals surface area contributed by atoms with E-state index >= 15 is 0 Å². The number of aryl methyl sites for hydroxylation is 1. The molecule has 0 aliphatic carbocycles. The fourth-order valence-electron chi connectivity index (χ4n) is 3.54. The molecule has 0 radical (unpaired) electrons. The van der Waals surface area contributed by atoms with E-state index < -0.39 is 0 Å². The summed E-state index contributed by atoms with van der Waals surface area (Å²) in [5.41, 5.74) is 4.70. The number of hydrogen-bond donors (Lipinski definition) is 0. The summed E-state index contributed by atoms with van der Waals surface area (Å²) in [5.74, 6) is 0. The molecular formula is C19H24N6O3. The second kappa shape index (κ2) is 7.97. The molecule has 1 aliphatic rings. The number of rotatable bonds is 5. The molecule has 0 unspecified atom stereocenters. The van der Waals surface area contributed by atoms with E-state index in [-0.39, 0.29) is 6.09 Å². The van der Waals surface area contributed by atoms with Crippen LogP contribution in [0.4, 0.5) is 4.79 Å². The summed E-state index contributed by atoms with van der Waals surface area (Å²) < 4.78 is 11.9. The molecule has 1 amide bonds. The summed E-state index contributed by atoms with van der Waals surface area (Å²) in [6.07, 6.45) is 0.614. The summed E-state index contributed by atoms with van der Waals surface area (Å²) >= 11 is 0. The third-order valence-corrected chi connectivity index (χ3v) is 4.79. The van der Waals surface area contributed by atoms with E-state index in [1.54, 1.807) is 4.90 Å². The molecule has 0 saturated carbocycles. The summed E-state index contributed by atoms with van der Waals surface area (Å²) in [7, 11) is 2.06. The van der Waals surface area contributed by atoms with Crippen molar-refractivity contribution in [2.24, 2.45) is 0 Å². The molecule has 3 heterocycles. The van der Waals surface area contributed by atoms with Gasteiger partial charge in [0, 0.05) is 26.2 Å². The number of nitrogens with zero attached hydrogens (tertiary/aromatic N) is 6. The van der Waals surface area contributed by atoms with Gasteiger partial charge in [-0.05, 0) is 54.5 Å². The molecular weight excluding hydrogens is 360 g/mol. The van der Waals surface area contributed by atoms with E-state index in [2.05, 4.69) is 28.3 Å². The zero-order chi connectivity index (χ0) is 19.5. The minimum absolute atomic E-state index is 0.256. The predicted molar refractivity (Wildman–Crippen MR) is 101 cm³/mol. The van der Waals surface area contributed by atoms with Gasteiger partial charge in [0.1, 0.15) is 11.0 Å². The highest BCUT2D eigenvalue weighted by molar-refractivity contribution is 5.73. The standard InChI is InChI=1S/C19H24N6O3/c1-3-27-19(26)24-7-4-8-25-16(13-24)10-15(20-25)12-23(2)11-14-5-6-17-18(9-14)22-28-21-17/h5-6,9-10H,3-4,7-8,11-13H2,1-2H3. The molecule has 9 nitrogen and oxygen atoms in total. The smallest absolute Gasteiger partial charge is 0.410 e. The van der Waals surface area contributed by atoms with Crippen molar-refractivity contribution in [2.75, 3.05) is 20.2 Å². The van der Waals surface area contributed by atoms with E-state index in [1.165, 1.54) is 0 Å². The lowest BCUT2D eigenvalue weighted by Crippen LogP contribution is -2.31. The molecule has 0 N–H and O–H groups in total. The van der Waals surface area contributed by atoms with Crippen LogP contribution in [0.3, 0.4) is 0 Å². The van der Waals surface area contributed by atoms with E-state index in [0.29, 0.717) is 26.2 Å². The van der Waals surface area contributed by atoms with Crippen molar-refractivity contribution in [3.8, 4) is 0 Å². The lowest BCUT2D eigenvalue weighted by molar-refractivity contribution is 0.105. The Balaban J connectivity index is 1.41. The average Bonchev–Trinajstić information content (AvgIpc) is 3.22. The Morgan fingerprint density at radius 2 is 2.07 bits per heavy atom. The van der Waals surface area contributed by atoms with Gasteiger partial charge in [0.15, 0.2) is 0 Å². The van der Waals surface area contributed by atoms with E-state index in [0.717, 1.165) is 47.5 Å². The van der Waals surface area contributed by atoms with Crippen LogP contribution in [0, 0.1) is 0 Å². The molecule has 1 aromatic carbocycles. The van der Waals surface area contributed by atoms with Crippen LogP contribution in [-0.2, 0) is 30.9 Å². The number of aromatic nitrogens is 4. The third-order valence-electron chi connectivity index (χ3n) is 4.79. The molecule has 0 fully saturated rings. The minimum atomic E-state index is -0.256. The average molecular weight is 384 g/mol. The summed E-state index contributed by atoms with van der Waals surface area (Å²) in [6.45, 7) is 5.73. The van der Waals surface area contributed by atoms with E-state index in [4.69, 9.17) is 14.5 Å². The second-order valence-corrected chi connectivity index (χ2v) is 7.08. The Morgan fingerprint density at radius 3 is 2.93 bits per heavy atom. The normalized spacial score (nSPS) is 14.3. The maximum absolute atomic E-state index is 12.1. The number of ether oxygens (including phenoxy) is 1. The van der Waals surface area contributed by atoms with Gasteiger partial charge in [-0.15, -0.1) is 0 Å². The Labute approximate surface area is 162 Å². The summed E-state index contributed by atoms with van der Waals surface area (Å²) in [4.78, 5) is 16.0. The van der Waals surface area contributed by atoms with Crippen molar-refractivity contribution in [3.63, 3.8) is 0 Å². The van der Waals surface area contributed by atoms with Gasteiger partial charge < -0.3 is 9.64 Å². The van der Waals surface area contributed by atoms with Crippen LogP contribution >= 0.6 is 0 Å². The highest BCUT2D eigenvalue weighted by Gasteiger charge is 2.21. The van der Waals surface area contributed by atoms with Gasteiger partial charge in [0.2, 0.25) is 0 Å². The monoisotopic (exact) mass is 384 g/mol. The first-order valence-corrected chi connectivity index (χ1v) is 9.49. The zero-order valence-corrected chi connectivity index (χ0v) is 16.2. The van der Waals surface area contributed by atoms with Crippen LogP contribution in [0.2, 0.25) is 0 Å². The maximum atomic E-state index is 12.1. The van der Waals surface area contributed by atoms with Crippen LogP contribution in [0.1, 0.15) is 30.3 Å². The highest BCUT2D eigenvalue weighted by Crippen LogP contribution is 2.17. The first kappa shape index (κ1) is 18.4. The second-order valence-electron chi connectivity index (χ2n) is 7.08. The number of benzene rings is 1. The molecule has 0 bridgehead atoms. The SMILES string of the molecule is CCOC(=O)N1CCCn2nc(CN(C)Cc3ccc4nonc4c3)cc2C1. The Hall–Kier alpha value is -2.94. The third kappa shape index (κ3) is 3.99. The van der Waals surface area contributed by atoms with Gasteiger partial charge in [-0.2, -0.15) is 5.10 Å². The molecule has 4 rings (SSSR count). The van der Waals surface area contributed by atoms with Crippen molar-refractivity contribution in [3.05, 3.63) is 41.2 Å². The molecule has 0 atom stereocenters.